The number of nitrogens with zero attached hydrogens (tertiary/aromatic N) is 2. The topological polar surface area (TPSA) is 38.4 Å². The molecule has 0 aliphatic carbocycles. The first-order valence-electron chi connectivity index (χ1n) is 8.62. The van der Waals surface area contributed by atoms with E-state index in [1.807, 2.05) is 24.3 Å². The Morgan fingerprint density at radius 2 is 2.00 bits per heavy atom. The van der Waals surface area contributed by atoms with Crippen LogP contribution in [-0.4, -0.2) is 28.6 Å². The number of piperidine rings is 1. The van der Waals surface area contributed by atoms with Gasteiger partial charge in [-0.1, -0.05) is 25.5 Å². The molecule has 1 saturated heterocycles. The molecule has 4 heteroatoms. The molecule has 0 amide bonds. The van der Waals surface area contributed by atoms with Crippen LogP contribution in [0.2, 0.25) is 0 Å². The SMILES string of the molecule is CCC1CCCCN1CCCCn1c(=O)oc2ccccc21. The number of aromatic nitrogens is 1. The van der Waals surface area contributed by atoms with E-state index in [0.29, 0.717) is 5.58 Å². The van der Waals surface area contributed by atoms with Gasteiger partial charge in [0.1, 0.15) is 0 Å². The zero-order chi connectivity index (χ0) is 15.4. The summed E-state index contributed by atoms with van der Waals surface area (Å²) in [6, 6.07) is 8.43. The maximum Gasteiger partial charge on any atom is 0.419 e. The molecular weight excluding hydrogens is 276 g/mol. The minimum absolute atomic E-state index is 0.231. The molecule has 1 aliphatic rings. The van der Waals surface area contributed by atoms with Gasteiger partial charge in [-0.2, -0.15) is 0 Å². The average Bonchev–Trinajstić information content (AvgIpc) is 2.87. The van der Waals surface area contributed by atoms with Crippen molar-refractivity contribution >= 4 is 11.1 Å². The van der Waals surface area contributed by atoms with E-state index in [4.69, 9.17) is 4.42 Å². The molecule has 1 aromatic carbocycles. The number of rotatable bonds is 6. The van der Waals surface area contributed by atoms with E-state index < -0.39 is 0 Å². The molecule has 1 aliphatic heterocycles. The molecule has 2 heterocycles. The number of likely N-dealkylation sites (tertiary alicyclic amines) is 1. The van der Waals surface area contributed by atoms with Crippen molar-refractivity contribution in [3.63, 3.8) is 0 Å². The third-order valence-electron chi connectivity index (χ3n) is 4.87. The van der Waals surface area contributed by atoms with Gasteiger partial charge in [-0.05, 0) is 57.3 Å². The highest BCUT2D eigenvalue weighted by Crippen LogP contribution is 2.20. The summed E-state index contributed by atoms with van der Waals surface area (Å²) in [7, 11) is 0. The number of fused-ring (bicyclic) bond motifs is 1. The monoisotopic (exact) mass is 302 g/mol. The Hall–Kier alpha value is -1.55. The fraction of sp³-hybridized carbons (Fsp3) is 0.611. The third kappa shape index (κ3) is 3.27. The van der Waals surface area contributed by atoms with Crippen molar-refractivity contribution in [2.24, 2.45) is 0 Å². The van der Waals surface area contributed by atoms with Gasteiger partial charge < -0.3 is 9.32 Å². The van der Waals surface area contributed by atoms with Gasteiger partial charge in [0, 0.05) is 12.6 Å². The molecule has 0 spiro atoms. The highest BCUT2D eigenvalue weighted by atomic mass is 16.4. The van der Waals surface area contributed by atoms with E-state index >= 15 is 0 Å². The number of benzene rings is 1. The number of para-hydroxylation sites is 2. The van der Waals surface area contributed by atoms with Crippen LogP contribution in [0.3, 0.4) is 0 Å². The van der Waals surface area contributed by atoms with Crippen molar-refractivity contribution in [1.29, 1.82) is 0 Å². The summed E-state index contributed by atoms with van der Waals surface area (Å²) < 4.78 is 7.04. The van der Waals surface area contributed by atoms with E-state index in [2.05, 4.69) is 11.8 Å². The Bertz CT molecular complexity index is 658. The van der Waals surface area contributed by atoms with Crippen LogP contribution in [0.4, 0.5) is 0 Å². The number of unbranched alkanes of at least 4 members (excludes halogenated alkanes) is 1. The van der Waals surface area contributed by atoms with Crippen LogP contribution >= 0.6 is 0 Å². The van der Waals surface area contributed by atoms with Crippen molar-refractivity contribution in [2.45, 2.75) is 58.0 Å². The van der Waals surface area contributed by atoms with Crippen LogP contribution in [0, 0.1) is 0 Å². The van der Waals surface area contributed by atoms with Crippen LogP contribution in [0.1, 0.15) is 45.4 Å². The molecule has 1 atom stereocenters. The van der Waals surface area contributed by atoms with Gasteiger partial charge in [0.15, 0.2) is 5.58 Å². The first-order valence-corrected chi connectivity index (χ1v) is 8.62. The van der Waals surface area contributed by atoms with E-state index in [0.717, 1.165) is 37.5 Å². The lowest BCUT2D eigenvalue weighted by molar-refractivity contribution is 0.141. The predicted molar refractivity (Wildman–Crippen MR) is 89.2 cm³/mol. The predicted octanol–water partition coefficient (Wildman–Crippen LogP) is 3.64. The Labute approximate surface area is 131 Å². The van der Waals surface area contributed by atoms with Gasteiger partial charge in [0.05, 0.1) is 5.52 Å². The Morgan fingerprint density at radius 1 is 1.18 bits per heavy atom. The van der Waals surface area contributed by atoms with Crippen molar-refractivity contribution < 1.29 is 4.42 Å². The van der Waals surface area contributed by atoms with Crippen molar-refractivity contribution in [2.75, 3.05) is 13.1 Å². The summed E-state index contributed by atoms with van der Waals surface area (Å²) >= 11 is 0. The van der Waals surface area contributed by atoms with Crippen molar-refractivity contribution in [3.8, 4) is 0 Å². The van der Waals surface area contributed by atoms with Crippen LogP contribution in [0.5, 0.6) is 0 Å². The summed E-state index contributed by atoms with van der Waals surface area (Å²) in [6.07, 6.45) is 7.49. The average molecular weight is 302 g/mol. The van der Waals surface area contributed by atoms with Crippen LogP contribution < -0.4 is 5.76 Å². The minimum Gasteiger partial charge on any atom is -0.408 e. The second-order valence-electron chi connectivity index (χ2n) is 6.29. The van der Waals surface area contributed by atoms with Crippen LogP contribution in [0.25, 0.3) is 11.1 Å². The summed E-state index contributed by atoms with van der Waals surface area (Å²) in [5, 5.41) is 0. The molecule has 1 unspecified atom stereocenters. The van der Waals surface area contributed by atoms with E-state index in [1.54, 1.807) is 4.57 Å². The Kier molecular flexibility index (Phi) is 4.98. The van der Waals surface area contributed by atoms with E-state index in [-0.39, 0.29) is 5.76 Å². The maximum atomic E-state index is 11.9. The Balaban J connectivity index is 1.54. The van der Waals surface area contributed by atoms with Gasteiger partial charge in [-0.25, -0.2) is 4.79 Å². The van der Waals surface area contributed by atoms with Crippen molar-refractivity contribution in [1.82, 2.24) is 9.47 Å². The first-order chi connectivity index (χ1) is 10.8. The number of hydrogen-bond donors (Lipinski definition) is 0. The second kappa shape index (κ2) is 7.14. The van der Waals surface area contributed by atoms with Gasteiger partial charge >= 0.3 is 5.76 Å². The van der Waals surface area contributed by atoms with Gasteiger partial charge in [0.2, 0.25) is 0 Å². The highest BCUT2D eigenvalue weighted by molar-refractivity contribution is 5.72. The molecule has 0 N–H and O–H groups in total. The van der Waals surface area contributed by atoms with Gasteiger partial charge in [0.25, 0.3) is 0 Å². The van der Waals surface area contributed by atoms with E-state index in [1.165, 1.54) is 32.2 Å². The lowest BCUT2D eigenvalue weighted by Gasteiger charge is -2.35. The molecule has 4 nitrogen and oxygen atoms in total. The minimum atomic E-state index is -0.231. The molecule has 1 fully saturated rings. The number of hydrogen-bond acceptors (Lipinski definition) is 3. The molecule has 2 aromatic rings. The number of oxazole rings is 1. The third-order valence-corrected chi connectivity index (χ3v) is 4.87. The zero-order valence-electron chi connectivity index (χ0n) is 13.5. The normalized spacial score (nSPS) is 19.8. The lowest BCUT2D eigenvalue weighted by Crippen LogP contribution is -2.39. The molecule has 0 saturated carbocycles. The second-order valence-corrected chi connectivity index (χ2v) is 6.29. The standard InChI is InChI=1S/C18H26N2O2/c1-2-15-9-5-6-12-19(15)13-7-8-14-20-16-10-3-4-11-17(16)22-18(20)21/h3-4,10-11,15H,2,5-9,12-14H2,1H3. The molecule has 22 heavy (non-hydrogen) atoms. The largest absolute Gasteiger partial charge is 0.419 e. The lowest BCUT2D eigenvalue weighted by atomic mass is 10.00. The van der Waals surface area contributed by atoms with Gasteiger partial charge in [-0.15, -0.1) is 0 Å². The van der Waals surface area contributed by atoms with Gasteiger partial charge in [-0.3, -0.25) is 4.57 Å². The molecule has 3 rings (SSSR count). The molecule has 1 aromatic heterocycles. The molecule has 120 valence electrons. The molecule has 0 bridgehead atoms. The van der Waals surface area contributed by atoms with Crippen LogP contribution in [-0.2, 0) is 6.54 Å². The number of aryl methyl sites for hydroxylation is 1. The fourth-order valence-corrected chi connectivity index (χ4v) is 3.63. The molecular formula is C18H26N2O2. The fourth-order valence-electron chi connectivity index (χ4n) is 3.63. The van der Waals surface area contributed by atoms with Crippen molar-refractivity contribution in [3.05, 3.63) is 34.8 Å². The summed E-state index contributed by atoms with van der Waals surface area (Å²) in [4.78, 5) is 14.6. The summed E-state index contributed by atoms with van der Waals surface area (Å²) in [5.74, 6) is -0.231. The highest BCUT2D eigenvalue weighted by Gasteiger charge is 2.19. The summed E-state index contributed by atoms with van der Waals surface area (Å²) in [6.45, 7) is 5.44. The smallest absolute Gasteiger partial charge is 0.408 e. The summed E-state index contributed by atoms with van der Waals surface area (Å²) in [5.41, 5.74) is 1.60. The zero-order valence-corrected chi connectivity index (χ0v) is 13.5. The van der Waals surface area contributed by atoms with E-state index in [9.17, 15) is 4.79 Å². The Morgan fingerprint density at radius 3 is 2.86 bits per heavy atom. The first kappa shape index (κ1) is 15.3. The van der Waals surface area contributed by atoms with Crippen LogP contribution in [0.15, 0.2) is 33.5 Å². The molecule has 0 radical (unpaired) electrons. The quantitative estimate of drug-likeness (QED) is 0.765. The maximum absolute atomic E-state index is 11.9.